The van der Waals surface area contributed by atoms with Gasteiger partial charge in [0.2, 0.25) is 11.8 Å². The molecule has 0 spiro atoms. The first-order valence-corrected chi connectivity index (χ1v) is 16.3. The lowest BCUT2D eigenvalue weighted by Crippen LogP contribution is -2.67. The second-order valence-corrected chi connectivity index (χ2v) is 12.2. The minimum absolute atomic E-state index is 0.0380. The fraction of sp³-hybridized carbons (Fsp3) is 0.429. The van der Waals surface area contributed by atoms with Crippen LogP contribution in [0, 0.1) is 0 Å². The quantitative estimate of drug-likeness (QED) is 0.229. The first kappa shape index (κ1) is 34.2. The van der Waals surface area contributed by atoms with Gasteiger partial charge in [-0.05, 0) is 18.1 Å². The zero-order valence-corrected chi connectivity index (χ0v) is 27.7. The molecular formula is C35H40F3N7O4. The number of rotatable bonds is 11. The van der Waals surface area contributed by atoms with Crippen molar-refractivity contribution in [2.24, 2.45) is 7.05 Å². The number of alkyl halides is 3. The maximum absolute atomic E-state index is 13.6. The predicted molar refractivity (Wildman–Crippen MR) is 175 cm³/mol. The molecule has 2 aliphatic heterocycles. The Hall–Kier alpha value is -4.69. The van der Waals surface area contributed by atoms with E-state index in [1.807, 2.05) is 41.3 Å². The number of hydrogen-bond acceptors (Lipinski definition) is 9. The number of hydrogen-bond donors (Lipinski definition) is 0. The summed E-state index contributed by atoms with van der Waals surface area (Å²) < 4.78 is 58.0. The molecule has 2 fully saturated rings. The van der Waals surface area contributed by atoms with Gasteiger partial charge in [0.05, 0.1) is 19.3 Å². The van der Waals surface area contributed by atoms with Crippen LogP contribution in [0.1, 0.15) is 40.2 Å². The van der Waals surface area contributed by atoms with Crippen molar-refractivity contribution < 1.29 is 32.2 Å². The SMILES string of the molecule is CCOc1nc(OC)c(CN2C[C@@H]3CN(C(=O)c4nccn4C)CCN3[C@H](C(c3ccccc3)c3ccccc3)C2)c(OCC(F)(F)F)n1. The fourth-order valence-electron chi connectivity index (χ4n) is 6.91. The van der Waals surface area contributed by atoms with Crippen molar-refractivity contribution in [2.75, 3.05) is 53.0 Å². The normalized spacial score (nSPS) is 18.7. The first-order chi connectivity index (χ1) is 23.6. The zero-order valence-electron chi connectivity index (χ0n) is 27.7. The van der Waals surface area contributed by atoms with Crippen LogP contribution in [-0.4, -0.2) is 111 Å². The highest BCUT2D eigenvalue weighted by molar-refractivity contribution is 5.91. The second kappa shape index (κ2) is 14.8. The molecule has 2 aromatic heterocycles. The van der Waals surface area contributed by atoms with E-state index < -0.39 is 12.8 Å². The van der Waals surface area contributed by atoms with E-state index in [1.165, 1.54) is 7.11 Å². The number of fused-ring (bicyclic) bond motifs is 1. The van der Waals surface area contributed by atoms with Crippen molar-refractivity contribution in [1.82, 2.24) is 34.2 Å². The summed E-state index contributed by atoms with van der Waals surface area (Å²) in [4.78, 5) is 32.9. The lowest BCUT2D eigenvalue weighted by atomic mass is 9.81. The Morgan fingerprint density at radius 2 is 1.61 bits per heavy atom. The van der Waals surface area contributed by atoms with Gasteiger partial charge in [0, 0.05) is 76.7 Å². The van der Waals surface area contributed by atoms with Crippen molar-refractivity contribution in [3.8, 4) is 17.8 Å². The summed E-state index contributed by atoms with van der Waals surface area (Å²) in [5.74, 6) is 0.0145. The van der Waals surface area contributed by atoms with E-state index >= 15 is 0 Å². The zero-order chi connectivity index (χ0) is 34.5. The number of aryl methyl sites for hydroxylation is 1. The van der Waals surface area contributed by atoms with E-state index in [4.69, 9.17) is 14.2 Å². The summed E-state index contributed by atoms with van der Waals surface area (Å²) in [5.41, 5.74) is 2.57. The van der Waals surface area contributed by atoms with Gasteiger partial charge < -0.3 is 23.7 Å². The van der Waals surface area contributed by atoms with E-state index in [1.54, 1.807) is 30.9 Å². The minimum atomic E-state index is -4.58. The molecule has 0 aliphatic carbocycles. The van der Waals surface area contributed by atoms with Crippen LogP contribution in [0.4, 0.5) is 13.2 Å². The number of halogens is 3. The Balaban J connectivity index is 1.38. The van der Waals surface area contributed by atoms with Crippen LogP contribution in [0.2, 0.25) is 0 Å². The predicted octanol–water partition coefficient (Wildman–Crippen LogP) is 4.40. The van der Waals surface area contributed by atoms with Gasteiger partial charge in [-0.25, -0.2) is 4.98 Å². The number of amides is 1. The van der Waals surface area contributed by atoms with Gasteiger partial charge in [0.1, 0.15) is 0 Å². The monoisotopic (exact) mass is 679 g/mol. The van der Waals surface area contributed by atoms with Crippen LogP contribution < -0.4 is 14.2 Å². The maximum atomic E-state index is 13.6. The Morgan fingerprint density at radius 3 is 2.20 bits per heavy atom. The van der Waals surface area contributed by atoms with E-state index in [-0.39, 0.29) is 60.4 Å². The third-order valence-electron chi connectivity index (χ3n) is 9.00. The van der Waals surface area contributed by atoms with Crippen molar-refractivity contribution in [3.63, 3.8) is 0 Å². The average Bonchev–Trinajstić information content (AvgIpc) is 3.53. The highest BCUT2D eigenvalue weighted by Crippen LogP contribution is 2.38. The number of nitrogens with zero attached hydrogens (tertiary/aromatic N) is 7. The maximum Gasteiger partial charge on any atom is 0.422 e. The first-order valence-electron chi connectivity index (χ1n) is 16.3. The number of ether oxygens (including phenoxy) is 3. The topological polar surface area (TPSA) is 98.1 Å². The van der Waals surface area contributed by atoms with Crippen LogP contribution >= 0.6 is 0 Å². The molecular weight excluding hydrogens is 639 g/mol. The standard InChI is InChI=1S/C35H40F3N7O4/c1-4-48-34-40-31(47-3)27(32(41-34)49-23-35(36,37)38)21-43-19-26-20-44(33(46)30-39-15-16-42(30)2)17-18-45(26)28(22-43)29(24-11-7-5-8-12-24)25-13-9-6-10-14-25/h5-16,26,28-29H,4,17-23H2,1-3H3/t26-,28+/m1/s1. The molecule has 4 aromatic rings. The van der Waals surface area contributed by atoms with Crippen LogP contribution in [0.3, 0.4) is 0 Å². The molecule has 11 nitrogen and oxygen atoms in total. The molecule has 2 aliphatic rings. The number of aromatic nitrogens is 4. The minimum Gasteiger partial charge on any atom is -0.481 e. The molecule has 0 N–H and O–H groups in total. The third kappa shape index (κ3) is 7.81. The number of carbonyl (C=O) groups excluding carboxylic acids is 1. The number of carbonyl (C=O) groups is 1. The Labute approximate surface area is 283 Å². The number of imidazole rings is 1. The van der Waals surface area contributed by atoms with Crippen molar-refractivity contribution in [3.05, 3.63) is 95.6 Å². The van der Waals surface area contributed by atoms with Crippen molar-refractivity contribution in [2.45, 2.75) is 37.6 Å². The van der Waals surface area contributed by atoms with Crippen LogP contribution in [0.5, 0.6) is 17.8 Å². The van der Waals surface area contributed by atoms with Crippen LogP contribution in [-0.2, 0) is 13.6 Å². The van der Waals surface area contributed by atoms with Gasteiger partial charge in [0.15, 0.2) is 12.4 Å². The molecule has 6 rings (SSSR count). The highest BCUT2D eigenvalue weighted by Gasteiger charge is 2.44. The molecule has 0 unspecified atom stereocenters. The molecule has 2 atom stereocenters. The molecule has 2 aromatic carbocycles. The van der Waals surface area contributed by atoms with Crippen molar-refractivity contribution >= 4 is 5.91 Å². The van der Waals surface area contributed by atoms with Gasteiger partial charge in [-0.3, -0.25) is 14.6 Å². The van der Waals surface area contributed by atoms with Gasteiger partial charge in [-0.15, -0.1) is 0 Å². The van der Waals surface area contributed by atoms with Gasteiger partial charge in [0.25, 0.3) is 5.91 Å². The lowest BCUT2D eigenvalue weighted by Gasteiger charge is -2.53. The molecule has 260 valence electrons. The van der Waals surface area contributed by atoms with Crippen LogP contribution in [0.25, 0.3) is 0 Å². The molecule has 0 bridgehead atoms. The lowest BCUT2D eigenvalue weighted by molar-refractivity contribution is -0.154. The summed E-state index contributed by atoms with van der Waals surface area (Å²) in [5, 5.41) is 0. The largest absolute Gasteiger partial charge is 0.481 e. The van der Waals surface area contributed by atoms with E-state index in [9.17, 15) is 18.0 Å². The molecule has 4 heterocycles. The van der Waals surface area contributed by atoms with Gasteiger partial charge in [-0.2, -0.15) is 23.1 Å². The van der Waals surface area contributed by atoms with E-state index in [0.29, 0.717) is 38.5 Å². The third-order valence-corrected chi connectivity index (χ3v) is 9.00. The second-order valence-electron chi connectivity index (χ2n) is 12.2. The number of methoxy groups -OCH3 is 1. The number of benzene rings is 2. The smallest absolute Gasteiger partial charge is 0.422 e. The summed E-state index contributed by atoms with van der Waals surface area (Å²) in [6.07, 6.45) is -1.23. The molecule has 14 heteroatoms. The van der Waals surface area contributed by atoms with E-state index in [0.717, 1.165) is 11.1 Å². The average molecular weight is 680 g/mol. The molecule has 49 heavy (non-hydrogen) atoms. The van der Waals surface area contributed by atoms with Crippen molar-refractivity contribution in [1.29, 1.82) is 0 Å². The summed E-state index contributed by atoms with van der Waals surface area (Å²) in [7, 11) is 3.20. The Morgan fingerprint density at radius 1 is 0.939 bits per heavy atom. The number of piperazine rings is 2. The fourth-order valence-corrected chi connectivity index (χ4v) is 6.91. The van der Waals surface area contributed by atoms with Crippen LogP contribution in [0.15, 0.2) is 73.1 Å². The van der Waals surface area contributed by atoms with Gasteiger partial charge in [-0.1, -0.05) is 60.7 Å². The molecule has 0 radical (unpaired) electrons. The summed E-state index contributed by atoms with van der Waals surface area (Å²) >= 11 is 0. The van der Waals surface area contributed by atoms with Gasteiger partial charge >= 0.3 is 12.2 Å². The Bertz CT molecular complexity index is 1670. The molecule has 2 saturated heterocycles. The van der Waals surface area contributed by atoms with E-state index in [2.05, 4.69) is 49.0 Å². The highest BCUT2D eigenvalue weighted by atomic mass is 19.4. The molecule has 0 saturated carbocycles. The summed E-state index contributed by atoms with van der Waals surface area (Å²) in [6.45, 7) is 3.26. The molecule has 1 amide bonds. The summed E-state index contributed by atoms with van der Waals surface area (Å²) in [6, 6.07) is 20.3. The Kier molecular flexibility index (Phi) is 10.3.